The molecule has 0 bridgehead atoms. The lowest BCUT2D eigenvalue weighted by Gasteiger charge is -2.10. The van der Waals surface area contributed by atoms with E-state index in [0.29, 0.717) is 28.4 Å². The molecule has 0 saturated heterocycles. The van der Waals surface area contributed by atoms with Gasteiger partial charge in [-0.1, -0.05) is 30.3 Å². The van der Waals surface area contributed by atoms with E-state index in [1.54, 1.807) is 54.6 Å². The summed E-state index contributed by atoms with van der Waals surface area (Å²) < 4.78 is 10.7. The summed E-state index contributed by atoms with van der Waals surface area (Å²) >= 11 is 0. The van der Waals surface area contributed by atoms with Gasteiger partial charge < -0.3 is 20.1 Å². The third-order valence-corrected chi connectivity index (χ3v) is 4.61. The van der Waals surface area contributed by atoms with Gasteiger partial charge in [0.1, 0.15) is 11.5 Å². The maximum Gasteiger partial charge on any atom is 0.329 e. The van der Waals surface area contributed by atoms with Gasteiger partial charge in [-0.05, 0) is 60.5 Å². The highest BCUT2D eigenvalue weighted by atomic mass is 16.5. The minimum absolute atomic E-state index is 0.183. The third-order valence-electron chi connectivity index (χ3n) is 4.61. The van der Waals surface area contributed by atoms with Gasteiger partial charge in [-0.2, -0.15) is 5.10 Å². The van der Waals surface area contributed by atoms with Crippen LogP contribution in [0.5, 0.6) is 11.5 Å². The Balaban J connectivity index is 1.45. The first-order valence-corrected chi connectivity index (χ1v) is 10.3. The topological polar surface area (TPSA) is 118 Å². The van der Waals surface area contributed by atoms with Crippen LogP contribution in [0.3, 0.4) is 0 Å². The van der Waals surface area contributed by atoms with Crippen LogP contribution in [0, 0.1) is 6.92 Å². The second-order valence-corrected chi connectivity index (χ2v) is 7.07. The number of hydrazone groups is 1. The van der Waals surface area contributed by atoms with Gasteiger partial charge in [0.05, 0.1) is 19.0 Å². The second kappa shape index (κ2) is 11.8. The molecule has 3 N–H and O–H groups in total. The molecule has 0 aliphatic heterocycles. The number of methoxy groups -OCH3 is 1. The minimum Gasteiger partial charge on any atom is -0.495 e. The summed E-state index contributed by atoms with van der Waals surface area (Å²) in [4.78, 5) is 36.0. The number of aryl methyl sites for hydroxylation is 1. The number of carbonyl (C=O) groups excluding carboxylic acids is 3. The van der Waals surface area contributed by atoms with Crippen LogP contribution < -0.4 is 25.5 Å². The van der Waals surface area contributed by atoms with Crippen molar-refractivity contribution >= 4 is 35.3 Å². The fraction of sp³-hybridized carbons (Fsp3) is 0.120. The number of carbonyl (C=O) groups is 3. The Kier molecular flexibility index (Phi) is 8.34. The fourth-order valence-corrected chi connectivity index (χ4v) is 2.84. The summed E-state index contributed by atoms with van der Waals surface area (Å²) in [6, 6.07) is 20.9. The maximum absolute atomic E-state index is 12.1. The molecule has 0 atom stereocenters. The number of hydrogen-bond acceptors (Lipinski definition) is 6. The second-order valence-electron chi connectivity index (χ2n) is 7.07. The highest BCUT2D eigenvalue weighted by Crippen LogP contribution is 2.23. The van der Waals surface area contributed by atoms with E-state index < -0.39 is 11.8 Å². The Morgan fingerprint density at radius 2 is 1.53 bits per heavy atom. The van der Waals surface area contributed by atoms with Crippen molar-refractivity contribution in [3.8, 4) is 11.5 Å². The first-order chi connectivity index (χ1) is 16.5. The van der Waals surface area contributed by atoms with Gasteiger partial charge in [-0.3, -0.25) is 14.4 Å². The number of anilines is 2. The molecule has 0 spiro atoms. The van der Waals surface area contributed by atoms with Crippen molar-refractivity contribution < 1.29 is 23.9 Å². The lowest BCUT2D eigenvalue weighted by Crippen LogP contribution is -2.32. The van der Waals surface area contributed by atoms with E-state index >= 15 is 0 Å². The van der Waals surface area contributed by atoms with Crippen molar-refractivity contribution in [2.45, 2.75) is 6.92 Å². The van der Waals surface area contributed by atoms with Crippen LogP contribution in [-0.2, 0) is 14.4 Å². The molecule has 0 unspecified atom stereocenters. The SMILES string of the molecule is COc1ccccc1NC(=O)COc1ccc(/C=N\NC(=O)C(=O)Nc2ccccc2C)cc1. The first-order valence-electron chi connectivity index (χ1n) is 10.3. The monoisotopic (exact) mass is 460 g/mol. The molecule has 0 aliphatic carbocycles. The molecular formula is C25H24N4O5. The largest absolute Gasteiger partial charge is 0.495 e. The molecule has 34 heavy (non-hydrogen) atoms. The molecule has 0 heterocycles. The van der Waals surface area contributed by atoms with Gasteiger partial charge in [0.15, 0.2) is 6.61 Å². The number of para-hydroxylation sites is 3. The zero-order valence-corrected chi connectivity index (χ0v) is 18.7. The van der Waals surface area contributed by atoms with Crippen LogP contribution in [-0.4, -0.2) is 37.7 Å². The first kappa shape index (κ1) is 24.0. The standard InChI is InChI=1S/C25H24N4O5/c1-17-7-3-4-8-20(17)28-24(31)25(32)29-26-15-18-11-13-19(14-12-18)34-16-23(30)27-21-9-5-6-10-22(21)33-2/h3-15H,16H2,1-2H3,(H,27,30)(H,28,31)(H,29,32)/b26-15-. The van der Waals surface area contributed by atoms with E-state index in [0.717, 1.165) is 5.56 Å². The summed E-state index contributed by atoms with van der Waals surface area (Å²) in [6.45, 7) is 1.64. The lowest BCUT2D eigenvalue weighted by molar-refractivity contribution is -0.136. The minimum atomic E-state index is -0.888. The van der Waals surface area contributed by atoms with Crippen LogP contribution in [0.4, 0.5) is 11.4 Å². The Hall–Kier alpha value is -4.66. The summed E-state index contributed by atoms with van der Waals surface area (Å²) in [5.41, 5.74) is 4.79. The van der Waals surface area contributed by atoms with E-state index in [-0.39, 0.29) is 12.5 Å². The quantitative estimate of drug-likeness (QED) is 0.271. The highest BCUT2D eigenvalue weighted by Gasteiger charge is 2.13. The van der Waals surface area contributed by atoms with Crippen LogP contribution in [0.15, 0.2) is 77.9 Å². The van der Waals surface area contributed by atoms with Gasteiger partial charge in [0.2, 0.25) is 0 Å². The van der Waals surface area contributed by atoms with Crippen molar-refractivity contribution in [1.29, 1.82) is 0 Å². The number of nitrogens with one attached hydrogen (secondary N) is 3. The molecule has 3 amide bonds. The zero-order chi connectivity index (χ0) is 24.3. The van der Waals surface area contributed by atoms with Crippen LogP contribution in [0.25, 0.3) is 0 Å². The molecule has 0 fully saturated rings. The number of nitrogens with zero attached hydrogens (tertiary/aromatic N) is 1. The van der Waals surface area contributed by atoms with E-state index in [1.165, 1.54) is 13.3 Å². The third kappa shape index (κ3) is 6.92. The Morgan fingerprint density at radius 3 is 2.24 bits per heavy atom. The van der Waals surface area contributed by atoms with Crippen LogP contribution >= 0.6 is 0 Å². The Labute approximate surface area is 196 Å². The molecule has 3 aromatic carbocycles. The van der Waals surface area contributed by atoms with Crippen molar-refractivity contribution in [3.63, 3.8) is 0 Å². The predicted octanol–water partition coefficient (Wildman–Crippen LogP) is 3.11. The van der Waals surface area contributed by atoms with Crippen molar-refractivity contribution in [2.75, 3.05) is 24.4 Å². The molecule has 0 aromatic heterocycles. The number of benzene rings is 3. The smallest absolute Gasteiger partial charge is 0.329 e. The summed E-state index contributed by atoms with van der Waals surface area (Å²) in [5, 5.41) is 9.05. The number of hydrogen-bond donors (Lipinski definition) is 3. The van der Waals surface area contributed by atoms with Gasteiger partial charge in [-0.25, -0.2) is 5.43 Å². The van der Waals surface area contributed by atoms with Crippen LogP contribution in [0.2, 0.25) is 0 Å². The molecule has 174 valence electrons. The molecule has 9 nitrogen and oxygen atoms in total. The average Bonchev–Trinajstić information content (AvgIpc) is 2.85. The Bertz CT molecular complexity index is 1190. The summed E-state index contributed by atoms with van der Waals surface area (Å²) in [7, 11) is 1.53. The molecule has 3 rings (SSSR count). The molecule has 3 aromatic rings. The molecule has 0 aliphatic rings. The average molecular weight is 460 g/mol. The van der Waals surface area contributed by atoms with E-state index in [2.05, 4.69) is 21.2 Å². The number of amides is 3. The lowest BCUT2D eigenvalue weighted by atomic mass is 10.2. The maximum atomic E-state index is 12.1. The molecule has 0 saturated carbocycles. The molecular weight excluding hydrogens is 436 g/mol. The highest BCUT2D eigenvalue weighted by molar-refractivity contribution is 6.39. The van der Waals surface area contributed by atoms with Gasteiger partial charge >= 0.3 is 11.8 Å². The van der Waals surface area contributed by atoms with Gasteiger partial charge in [-0.15, -0.1) is 0 Å². The summed E-state index contributed by atoms with van der Waals surface area (Å²) in [6.07, 6.45) is 1.39. The van der Waals surface area contributed by atoms with Gasteiger partial charge in [0.25, 0.3) is 5.91 Å². The number of ether oxygens (including phenoxy) is 2. The van der Waals surface area contributed by atoms with Gasteiger partial charge in [0, 0.05) is 5.69 Å². The van der Waals surface area contributed by atoms with E-state index in [1.807, 2.05) is 25.1 Å². The normalized spacial score (nSPS) is 10.4. The van der Waals surface area contributed by atoms with E-state index in [4.69, 9.17) is 9.47 Å². The Morgan fingerprint density at radius 1 is 0.853 bits per heavy atom. The zero-order valence-electron chi connectivity index (χ0n) is 18.7. The predicted molar refractivity (Wildman–Crippen MR) is 129 cm³/mol. The van der Waals surface area contributed by atoms with E-state index in [9.17, 15) is 14.4 Å². The molecule has 0 radical (unpaired) electrons. The van der Waals surface area contributed by atoms with Crippen molar-refractivity contribution in [1.82, 2.24) is 5.43 Å². The molecule has 9 heteroatoms. The van der Waals surface area contributed by atoms with Crippen molar-refractivity contribution in [3.05, 3.63) is 83.9 Å². The van der Waals surface area contributed by atoms with Crippen molar-refractivity contribution in [2.24, 2.45) is 5.10 Å². The fourth-order valence-electron chi connectivity index (χ4n) is 2.84. The van der Waals surface area contributed by atoms with Crippen LogP contribution in [0.1, 0.15) is 11.1 Å². The number of rotatable bonds is 8. The summed E-state index contributed by atoms with van der Waals surface area (Å²) in [5.74, 6) is -1.00.